The average Bonchev–Trinajstić information content (AvgIpc) is 3.30. The first-order chi connectivity index (χ1) is 9.83. The summed E-state index contributed by atoms with van der Waals surface area (Å²) in [6, 6.07) is 17.6. The zero-order valence-electron chi connectivity index (χ0n) is 11.2. The van der Waals surface area contributed by atoms with Crippen LogP contribution in [0.1, 0.15) is 28.8 Å². The topological polar surface area (TPSA) is 38.3 Å². The van der Waals surface area contributed by atoms with Gasteiger partial charge in [0, 0.05) is 17.2 Å². The fourth-order valence-corrected chi connectivity index (χ4v) is 2.04. The first-order valence-corrected chi connectivity index (χ1v) is 6.89. The van der Waals surface area contributed by atoms with Crippen LogP contribution < -0.4 is 10.1 Å². The number of ether oxygens (including phenoxy) is 1. The SMILES string of the molecule is O=C(NC1CC1)c1ccccc1COc1ccccc1. The number of hydrogen-bond donors (Lipinski definition) is 1. The fraction of sp³-hybridized carbons (Fsp3) is 0.235. The Balaban J connectivity index is 1.70. The summed E-state index contributed by atoms with van der Waals surface area (Å²) in [7, 11) is 0. The fourth-order valence-electron chi connectivity index (χ4n) is 2.04. The van der Waals surface area contributed by atoms with E-state index in [0.717, 1.165) is 24.2 Å². The molecule has 3 rings (SSSR count). The molecule has 0 atom stereocenters. The summed E-state index contributed by atoms with van der Waals surface area (Å²) in [5, 5.41) is 3.01. The second kappa shape index (κ2) is 5.78. The Morgan fingerprint density at radius 1 is 1.05 bits per heavy atom. The lowest BCUT2D eigenvalue weighted by Crippen LogP contribution is -2.26. The Labute approximate surface area is 118 Å². The summed E-state index contributed by atoms with van der Waals surface area (Å²) in [4.78, 5) is 12.2. The molecular weight excluding hydrogens is 250 g/mol. The Hall–Kier alpha value is -2.29. The molecule has 0 unspecified atom stereocenters. The van der Waals surface area contributed by atoms with Crippen LogP contribution in [0, 0.1) is 0 Å². The van der Waals surface area contributed by atoms with Crippen molar-refractivity contribution < 1.29 is 9.53 Å². The lowest BCUT2D eigenvalue weighted by molar-refractivity contribution is 0.0948. The van der Waals surface area contributed by atoms with Crippen molar-refractivity contribution in [2.75, 3.05) is 0 Å². The first kappa shape index (κ1) is 12.7. The summed E-state index contributed by atoms with van der Waals surface area (Å²) in [6.07, 6.45) is 2.18. The van der Waals surface area contributed by atoms with E-state index in [0.29, 0.717) is 18.2 Å². The molecule has 0 saturated heterocycles. The van der Waals surface area contributed by atoms with E-state index in [1.165, 1.54) is 0 Å². The number of carbonyl (C=O) groups excluding carboxylic acids is 1. The molecule has 102 valence electrons. The summed E-state index contributed by atoms with van der Waals surface area (Å²) in [5.41, 5.74) is 1.62. The number of rotatable bonds is 5. The highest BCUT2D eigenvalue weighted by atomic mass is 16.5. The van der Waals surface area contributed by atoms with E-state index in [-0.39, 0.29) is 5.91 Å². The molecule has 1 aliphatic carbocycles. The van der Waals surface area contributed by atoms with Gasteiger partial charge in [0.1, 0.15) is 12.4 Å². The van der Waals surface area contributed by atoms with Gasteiger partial charge < -0.3 is 10.1 Å². The van der Waals surface area contributed by atoms with E-state index in [1.54, 1.807) is 0 Å². The van der Waals surface area contributed by atoms with Crippen molar-refractivity contribution in [3.63, 3.8) is 0 Å². The van der Waals surface area contributed by atoms with Crippen molar-refractivity contribution in [1.29, 1.82) is 0 Å². The van der Waals surface area contributed by atoms with Crippen molar-refractivity contribution in [2.45, 2.75) is 25.5 Å². The van der Waals surface area contributed by atoms with Gasteiger partial charge in [-0.2, -0.15) is 0 Å². The van der Waals surface area contributed by atoms with Gasteiger partial charge >= 0.3 is 0 Å². The van der Waals surface area contributed by atoms with Gasteiger partial charge in [-0.15, -0.1) is 0 Å². The van der Waals surface area contributed by atoms with Crippen LogP contribution in [-0.2, 0) is 6.61 Å². The van der Waals surface area contributed by atoms with Gasteiger partial charge in [-0.05, 0) is 31.0 Å². The normalized spacial score (nSPS) is 13.8. The van der Waals surface area contributed by atoms with E-state index in [2.05, 4.69) is 5.32 Å². The molecule has 0 heterocycles. The van der Waals surface area contributed by atoms with E-state index in [9.17, 15) is 4.79 Å². The highest BCUT2D eigenvalue weighted by molar-refractivity contribution is 5.96. The van der Waals surface area contributed by atoms with Gasteiger partial charge in [0.2, 0.25) is 0 Å². The molecule has 1 saturated carbocycles. The van der Waals surface area contributed by atoms with Crippen LogP contribution in [0.25, 0.3) is 0 Å². The standard InChI is InChI=1S/C17H17NO2/c19-17(18-14-10-11-14)16-9-5-4-6-13(16)12-20-15-7-2-1-3-8-15/h1-9,14H,10-12H2,(H,18,19). The minimum atomic E-state index is -0.000221. The average molecular weight is 267 g/mol. The number of benzene rings is 2. The van der Waals surface area contributed by atoms with E-state index < -0.39 is 0 Å². The summed E-state index contributed by atoms with van der Waals surface area (Å²) >= 11 is 0. The largest absolute Gasteiger partial charge is 0.489 e. The number of hydrogen-bond acceptors (Lipinski definition) is 2. The smallest absolute Gasteiger partial charge is 0.251 e. The Kier molecular flexibility index (Phi) is 3.68. The summed E-state index contributed by atoms with van der Waals surface area (Å²) in [5.74, 6) is 0.810. The minimum Gasteiger partial charge on any atom is -0.489 e. The maximum Gasteiger partial charge on any atom is 0.251 e. The van der Waals surface area contributed by atoms with Gasteiger partial charge in [0.15, 0.2) is 0 Å². The quantitative estimate of drug-likeness (QED) is 0.903. The van der Waals surface area contributed by atoms with Gasteiger partial charge in [-0.3, -0.25) is 4.79 Å². The third-order valence-electron chi connectivity index (χ3n) is 3.31. The molecule has 3 nitrogen and oxygen atoms in total. The van der Waals surface area contributed by atoms with Crippen molar-refractivity contribution in [2.24, 2.45) is 0 Å². The minimum absolute atomic E-state index is 0.000221. The third-order valence-corrected chi connectivity index (χ3v) is 3.31. The van der Waals surface area contributed by atoms with Crippen LogP contribution >= 0.6 is 0 Å². The highest BCUT2D eigenvalue weighted by Crippen LogP contribution is 2.20. The lowest BCUT2D eigenvalue weighted by atomic mass is 10.1. The molecular formula is C17H17NO2. The maximum atomic E-state index is 12.2. The molecule has 1 fully saturated rings. The Bertz CT molecular complexity index is 591. The van der Waals surface area contributed by atoms with Gasteiger partial charge in [-0.1, -0.05) is 36.4 Å². The Morgan fingerprint density at radius 3 is 2.50 bits per heavy atom. The molecule has 3 heteroatoms. The van der Waals surface area contributed by atoms with Crippen molar-refractivity contribution >= 4 is 5.91 Å². The molecule has 1 aliphatic rings. The zero-order chi connectivity index (χ0) is 13.8. The molecule has 1 N–H and O–H groups in total. The zero-order valence-corrected chi connectivity index (χ0v) is 11.2. The highest BCUT2D eigenvalue weighted by Gasteiger charge is 2.24. The van der Waals surface area contributed by atoms with Crippen LogP contribution in [0.15, 0.2) is 54.6 Å². The van der Waals surface area contributed by atoms with Crippen molar-refractivity contribution in [3.8, 4) is 5.75 Å². The summed E-state index contributed by atoms with van der Waals surface area (Å²) < 4.78 is 5.72. The predicted octanol–water partition coefficient (Wildman–Crippen LogP) is 3.16. The van der Waals surface area contributed by atoms with Crippen LogP contribution in [-0.4, -0.2) is 11.9 Å². The van der Waals surface area contributed by atoms with Crippen LogP contribution in [0.4, 0.5) is 0 Å². The van der Waals surface area contributed by atoms with Gasteiger partial charge in [-0.25, -0.2) is 0 Å². The number of carbonyl (C=O) groups is 1. The van der Waals surface area contributed by atoms with E-state index in [4.69, 9.17) is 4.74 Å². The monoisotopic (exact) mass is 267 g/mol. The molecule has 20 heavy (non-hydrogen) atoms. The maximum absolute atomic E-state index is 12.2. The van der Waals surface area contributed by atoms with Crippen LogP contribution in [0.2, 0.25) is 0 Å². The van der Waals surface area contributed by atoms with Gasteiger partial charge in [0.25, 0.3) is 5.91 Å². The first-order valence-electron chi connectivity index (χ1n) is 6.89. The molecule has 0 radical (unpaired) electrons. The Morgan fingerprint density at radius 2 is 1.75 bits per heavy atom. The van der Waals surface area contributed by atoms with Crippen molar-refractivity contribution in [3.05, 3.63) is 65.7 Å². The van der Waals surface area contributed by atoms with Crippen molar-refractivity contribution in [1.82, 2.24) is 5.32 Å². The van der Waals surface area contributed by atoms with Crippen LogP contribution in [0.3, 0.4) is 0 Å². The number of nitrogens with one attached hydrogen (secondary N) is 1. The van der Waals surface area contributed by atoms with Gasteiger partial charge in [0.05, 0.1) is 0 Å². The molecule has 0 spiro atoms. The third kappa shape index (κ3) is 3.18. The van der Waals surface area contributed by atoms with E-state index in [1.807, 2.05) is 54.6 Å². The summed E-state index contributed by atoms with van der Waals surface area (Å²) in [6.45, 7) is 0.401. The van der Waals surface area contributed by atoms with E-state index >= 15 is 0 Å². The number of amides is 1. The second-order valence-corrected chi connectivity index (χ2v) is 5.01. The molecule has 2 aromatic rings. The molecule has 0 bridgehead atoms. The second-order valence-electron chi connectivity index (χ2n) is 5.01. The molecule has 0 aromatic heterocycles. The van der Waals surface area contributed by atoms with Crippen LogP contribution in [0.5, 0.6) is 5.75 Å². The number of para-hydroxylation sites is 1. The molecule has 0 aliphatic heterocycles. The molecule has 2 aromatic carbocycles. The molecule has 1 amide bonds. The predicted molar refractivity (Wildman–Crippen MR) is 77.7 cm³/mol. The lowest BCUT2D eigenvalue weighted by Gasteiger charge is -2.11.